The standard InChI is InChI=1S/C16H26N2O3S/c1-14-8-10-16(11-9-14)21-13-12-17-22(19,20)18(2)15-6-4-3-5-7-15/h8-11,15,17H,3-7,12-13H2,1-2H3. The molecule has 0 atom stereocenters. The molecule has 0 aliphatic heterocycles. The molecule has 22 heavy (non-hydrogen) atoms. The lowest BCUT2D eigenvalue weighted by Gasteiger charge is -2.30. The highest BCUT2D eigenvalue weighted by Crippen LogP contribution is 2.22. The van der Waals surface area contributed by atoms with E-state index < -0.39 is 10.2 Å². The number of hydrogen-bond donors (Lipinski definition) is 1. The first kappa shape index (κ1) is 17.2. The van der Waals surface area contributed by atoms with E-state index in [1.165, 1.54) is 16.3 Å². The summed E-state index contributed by atoms with van der Waals surface area (Å²) < 4.78 is 34.1. The molecule has 1 N–H and O–H groups in total. The van der Waals surface area contributed by atoms with Crippen molar-refractivity contribution in [3.63, 3.8) is 0 Å². The topological polar surface area (TPSA) is 58.6 Å². The van der Waals surface area contributed by atoms with Gasteiger partial charge in [-0.05, 0) is 31.9 Å². The lowest BCUT2D eigenvalue weighted by atomic mass is 9.96. The van der Waals surface area contributed by atoms with Crippen molar-refractivity contribution in [2.24, 2.45) is 0 Å². The molecule has 1 aromatic rings. The molecular formula is C16H26N2O3S. The molecule has 6 heteroatoms. The van der Waals surface area contributed by atoms with Crippen molar-refractivity contribution in [3.8, 4) is 5.75 Å². The van der Waals surface area contributed by atoms with Gasteiger partial charge in [0.2, 0.25) is 0 Å². The minimum Gasteiger partial charge on any atom is -0.492 e. The van der Waals surface area contributed by atoms with Gasteiger partial charge in [-0.15, -0.1) is 0 Å². The second kappa shape index (κ2) is 7.94. The molecular weight excluding hydrogens is 300 g/mol. The summed E-state index contributed by atoms with van der Waals surface area (Å²) in [5, 5.41) is 0. The van der Waals surface area contributed by atoms with Crippen LogP contribution in [0.2, 0.25) is 0 Å². The average Bonchev–Trinajstić information content (AvgIpc) is 2.53. The van der Waals surface area contributed by atoms with Crippen molar-refractivity contribution in [2.75, 3.05) is 20.2 Å². The Labute approximate surface area is 133 Å². The smallest absolute Gasteiger partial charge is 0.279 e. The summed E-state index contributed by atoms with van der Waals surface area (Å²) in [7, 11) is -1.75. The minimum atomic E-state index is -3.42. The maximum Gasteiger partial charge on any atom is 0.279 e. The van der Waals surface area contributed by atoms with Gasteiger partial charge in [0.05, 0.1) is 0 Å². The third kappa shape index (κ3) is 4.97. The minimum absolute atomic E-state index is 0.129. The van der Waals surface area contributed by atoms with Crippen molar-refractivity contribution in [3.05, 3.63) is 29.8 Å². The third-order valence-electron chi connectivity index (χ3n) is 4.14. The number of benzene rings is 1. The average molecular weight is 326 g/mol. The lowest BCUT2D eigenvalue weighted by molar-refractivity contribution is 0.279. The van der Waals surface area contributed by atoms with Crippen molar-refractivity contribution in [1.29, 1.82) is 0 Å². The normalized spacial score (nSPS) is 16.9. The zero-order chi connectivity index (χ0) is 16.0. The van der Waals surface area contributed by atoms with Crippen LogP contribution in [-0.2, 0) is 10.2 Å². The summed E-state index contributed by atoms with van der Waals surface area (Å²) in [6, 6.07) is 7.84. The van der Waals surface area contributed by atoms with Crippen molar-refractivity contribution >= 4 is 10.2 Å². The van der Waals surface area contributed by atoms with Gasteiger partial charge in [-0.25, -0.2) is 0 Å². The summed E-state index contributed by atoms with van der Waals surface area (Å²) in [6.07, 6.45) is 5.35. The van der Waals surface area contributed by atoms with Crippen LogP contribution >= 0.6 is 0 Å². The van der Waals surface area contributed by atoms with Crippen LogP contribution in [0.3, 0.4) is 0 Å². The van der Waals surface area contributed by atoms with Crippen LogP contribution in [0.15, 0.2) is 24.3 Å². The molecule has 2 rings (SSSR count). The largest absolute Gasteiger partial charge is 0.492 e. The van der Waals surface area contributed by atoms with Crippen LogP contribution in [0.4, 0.5) is 0 Å². The quantitative estimate of drug-likeness (QED) is 0.783. The van der Waals surface area contributed by atoms with Gasteiger partial charge in [-0.2, -0.15) is 17.4 Å². The highest BCUT2D eigenvalue weighted by Gasteiger charge is 2.26. The Morgan fingerprint density at radius 1 is 1.18 bits per heavy atom. The Bertz CT molecular complexity index is 551. The molecule has 0 saturated heterocycles. The maximum absolute atomic E-state index is 12.2. The predicted molar refractivity (Wildman–Crippen MR) is 88.2 cm³/mol. The molecule has 5 nitrogen and oxygen atoms in total. The van der Waals surface area contributed by atoms with E-state index in [1.54, 1.807) is 7.05 Å². The monoisotopic (exact) mass is 326 g/mol. The van der Waals surface area contributed by atoms with Gasteiger partial charge in [0.1, 0.15) is 12.4 Å². The van der Waals surface area contributed by atoms with E-state index in [4.69, 9.17) is 4.74 Å². The number of nitrogens with zero attached hydrogens (tertiary/aromatic N) is 1. The number of ether oxygens (including phenoxy) is 1. The zero-order valence-electron chi connectivity index (χ0n) is 13.4. The Morgan fingerprint density at radius 3 is 2.45 bits per heavy atom. The fourth-order valence-corrected chi connectivity index (χ4v) is 3.86. The molecule has 1 aliphatic rings. The molecule has 1 aliphatic carbocycles. The molecule has 124 valence electrons. The van der Waals surface area contributed by atoms with E-state index in [0.29, 0.717) is 6.61 Å². The molecule has 1 saturated carbocycles. The highest BCUT2D eigenvalue weighted by molar-refractivity contribution is 7.87. The Balaban J connectivity index is 1.75. The van der Waals surface area contributed by atoms with Gasteiger partial charge in [-0.1, -0.05) is 37.0 Å². The summed E-state index contributed by atoms with van der Waals surface area (Å²) in [5.41, 5.74) is 1.17. The van der Waals surface area contributed by atoms with Crippen molar-refractivity contribution < 1.29 is 13.2 Å². The highest BCUT2D eigenvalue weighted by atomic mass is 32.2. The van der Waals surface area contributed by atoms with Crippen LogP contribution < -0.4 is 9.46 Å². The molecule has 0 aromatic heterocycles. The molecule has 1 aromatic carbocycles. The number of rotatable bonds is 7. The van der Waals surface area contributed by atoms with Crippen LogP contribution in [0.25, 0.3) is 0 Å². The molecule has 0 radical (unpaired) electrons. The van der Waals surface area contributed by atoms with Crippen LogP contribution in [0.1, 0.15) is 37.7 Å². The fraction of sp³-hybridized carbons (Fsp3) is 0.625. The van der Waals surface area contributed by atoms with Gasteiger partial charge in [0.15, 0.2) is 0 Å². The van der Waals surface area contributed by atoms with Gasteiger partial charge in [0.25, 0.3) is 10.2 Å². The van der Waals surface area contributed by atoms with E-state index in [0.717, 1.165) is 31.4 Å². The summed E-state index contributed by atoms with van der Waals surface area (Å²) in [4.78, 5) is 0. The van der Waals surface area contributed by atoms with Gasteiger partial charge in [0, 0.05) is 19.6 Å². The molecule has 0 bridgehead atoms. The van der Waals surface area contributed by atoms with E-state index in [-0.39, 0.29) is 12.6 Å². The molecule has 0 heterocycles. The van der Waals surface area contributed by atoms with Crippen molar-refractivity contribution in [1.82, 2.24) is 9.03 Å². The molecule has 0 spiro atoms. The predicted octanol–water partition coefficient (Wildman–Crippen LogP) is 2.47. The molecule has 0 unspecified atom stereocenters. The summed E-state index contributed by atoms with van der Waals surface area (Å²) >= 11 is 0. The summed E-state index contributed by atoms with van der Waals surface area (Å²) in [5.74, 6) is 0.755. The first-order valence-corrected chi connectivity index (χ1v) is 9.35. The fourth-order valence-electron chi connectivity index (χ4n) is 2.72. The second-order valence-electron chi connectivity index (χ2n) is 5.87. The molecule has 1 fully saturated rings. The van der Waals surface area contributed by atoms with Gasteiger partial charge >= 0.3 is 0 Å². The van der Waals surface area contributed by atoms with Crippen LogP contribution in [0, 0.1) is 6.92 Å². The summed E-state index contributed by atoms with van der Waals surface area (Å²) in [6.45, 7) is 2.60. The lowest BCUT2D eigenvalue weighted by Crippen LogP contribution is -2.45. The van der Waals surface area contributed by atoms with Crippen LogP contribution in [-0.4, -0.2) is 39.0 Å². The Morgan fingerprint density at radius 2 is 1.82 bits per heavy atom. The van der Waals surface area contributed by atoms with Gasteiger partial charge < -0.3 is 4.74 Å². The maximum atomic E-state index is 12.2. The van der Waals surface area contributed by atoms with E-state index in [1.807, 2.05) is 31.2 Å². The number of aryl methyl sites for hydroxylation is 1. The first-order chi connectivity index (χ1) is 10.5. The first-order valence-electron chi connectivity index (χ1n) is 7.91. The number of hydrogen-bond acceptors (Lipinski definition) is 3. The second-order valence-corrected chi connectivity index (χ2v) is 7.68. The van der Waals surface area contributed by atoms with Crippen molar-refractivity contribution in [2.45, 2.75) is 45.1 Å². The van der Waals surface area contributed by atoms with Gasteiger partial charge in [-0.3, -0.25) is 0 Å². The molecule has 0 amide bonds. The SMILES string of the molecule is Cc1ccc(OCCNS(=O)(=O)N(C)C2CCCCC2)cc1. The third-order valence-corrected chi connectivity index (χ3v) is 5.77. The van der Waals surface area contributed by atoms with E-state index in [9.17, 15) is 8.42 Å². The van der Waals surface area contributed by atoms with E-state index >= 15 is 0 Å². The zero-order valence-corrected chi connectivity index (χ0v) is 14.2. The Hall–Kier alpha value is -1.11. The van der Waals surface area contributed by atoms with E-state index in [2.05, 4.69) is 4.72 Å². The number of nitrogens with one attached hydrogen (secondary N) is 1. The van der Waals surface area contributed by atoms with Crippen LogP contribution in [0.5, 0.6) is 5.75 Å². The Kier molecular flexibility index (Phi) is 6.23.